The molecule has 3 N–H and O–H groups in total. The number of H-pyrrole nitrogens is 1. The van der Waals surface area contributed by atoms with Crippen LogP contribution in [-0.4, -0.2) is 33.8 Å². The van der Waals surface area contributed by atoms with E-state index in [2.05, 4.69) is 10.3 Å². The van der Waals surface area contributed by atoms with Gasteiger partial charge in [0.15, 0.2) is 0 Å². The fourth-order valence-corrected chi connectivity index (χ4v) is 2.38. The zero-order chi connectivity index (χ0) is 17.2. The molecule has 124 valence electrons. The van der Waals surface area contributed by atoms with E-state index in [0.29, 0.717) is 6.42 Å². The SMILES string of the molecule is C[C@H](Cc1c[nH]c2cc(C(=O)O)ccc12)NC(=O)OC(C)(C)C. The third-order valence-electron chi connectivity index (χ3n) is 3.30. The Bertz CT molecular complexity index is 728. The number of aromatic carboxylic acids is 1. The van der Waals surface area contributed by atoms with Crippen LogP contribution in [0, 0.1) is 0 Å². The first-order valence-corrected chi connectivity index (χ1v) is 7.48. The fraction of sp³-hybridized carbons (Fsp3) is 0.412. The third-order valence-corrected chi connectivity index (χ3v) is 3.30. The summed E-state index contributed by atoms with van der Waals surface area (Å²) in [7, 11) is 0. The average molecular weight is 318 g/mol. The van der Waals surface area contributed by atoms with Gasteiger partial charge in [-0.2, -0.15) is 0 Å². The summed E-state index contributed by atoms with van der Waals surface area (Å²) in [5.74, 6) is -0.956. The molecular formula is C17H22N2O4. The minimum Gasteiger partial charge on any atom is -0.478 e. The lowest BCUT2D eigenvalue weighted by molar-refractivity contribution is 0.0508. The lowest BCUT2D eigenvalue weighted by atomic mass is 10.0. The maximum atomic E-state index is 11.8. The van der Waals surface area contributed by atoms with E-state index in [4.69, 9.17) is 9.84 Å². The van der Waals surface area contributed by atoms with Crippen LogP contribution in [0.4, 0.5) is 4.79 Å². The highest BCUT2D eigenvalue weighted by Crippen LogP contribution is 2.21. The van der Waals surface area contributed by atoms with Crippen molar-refractivity contribution in [1.82, 2.24) is 10.3 Å². The van der Waals surface area contributed by atoms with Gasteiger partial charge in [-0.05, 0) is 51.8 Å². The minimum atomic E-state index is -0.956. The van der Waals surface area contributed by atoms with Crippen LogP contribution in [0.3, 0.4) is 0 Å². The molecule has 6 heteroatoms. The Labute approximate surface area is 134 Å². The smallest absolute Gasteiger partial charge is 0.407 e. The molecule has 6 nitrogen and oxygen atoms in total. The number of hydrogen-bond acceptors (Lipinski definition) is 3. The second-order valence-corrected chi connectivity index (χ2v) is 6.63. The van der Waals surface area contributed by atoms with Crippen molar-refractivity contribution in [3.05, 3.63) is 35.5 Å². The Hall–Kier alpha value is -2.50. The van der Waals surface area contributed by atoms with Crippen LogP contribution in [0.5, 0.6) is 0 Å². The molecule has 1 aromatic carbocycles. The van der Waals surface area contributed by atoms with Crippen LogP contribution < -0.4 is 5.32 Å². The summed E-state index contributed by atoms with van der Waals surface area (Å²) in [6.07, 6.45) is 2.01. The average Bonchev–Trinajstić information content (AvgIpc) is 2.78. The van der Waals surface area contributed by atoms with Gasteiger partial charge in [0.1, 0.15) is 5.60 Å². The van der Waals surface area contributed by atoms with Crippen molar-refractivity contribution in [2.24, 2.45) is 0 Å². The number of aromatic nitrogens is 1. The van der Waals surface area contributed by atoms with Gasteiger partial charge in [0.05, 0.1) is 5.56 Å². The lowest BCUT2D eigenvalue weighted by Crippen LogP contribution is -2.38. The van der Waals surface area contributed by atoms with Gasteiger partial charge < -0.3 is 20.1 Å². The second-order valence-electron chi connectivity index (χ2n) is 6.63. The zero-order valence-electron chi connectivity index (χ0n) is 13.8. The van der Waals surface area contributed by atoms with E-state index < -0.39 is 17.7 Å². The Kier molecular flexibility index (Phi) is 4.63. The molecule has 0 fully saturated rings. The van der Waals surface area contributed by atoms with Crippen LogP contribution in [0.1, 0.15) is 43.6 Å². The van der Waals surface area contributed by atoms with Gasteiger partial charge in [0.25, 0.3) is 0 Å². The number of rotatable bonds is 4. The number of hydrogen-bond donors (Lipinski definition) is 3. The number of aromatic amines is 1. The molecule has 0 aliphatic carbocycles. The zero-order valence-corrected chi connectivity index (χ0v) is 13.8. The predicted molar refractivity (Wildman–Crippen MR) is 87.8 cm³/mol. The fourth-order valence-electron chi connectivity index (χ4n) is 2.38. The van der Waals surface area contributed by atoms with Gasteiger partial charge in [0, 0.05) is 23.1 Å². The monoisotopic (exact) mass is 318 g/mol. The Balaban J connectivity index is 2.07. The number of fused-ring (bicyclic) bond motifs is 1. The van der Waals surface area contributed by atoms with Crippen LogP contribution in [0.15, 0.2) is 24.4 Å². The van der Waals surface area contributed by atoms with Crippen molar-refractivity contribution < 1.29 is 19.4 Å². The molecule has 0 spiro atoms. The number of alkyl carbamates (subject to hydrolysis) is 1. The van der Waals surface area contributed by atoms with Crippen LogP contribution in [-0.2, 0) is 11.2 Å². The molecule has 0 aliphatic rings. The first kappa shape index (κ1) is 16.9. The molecule has 1 atom stereocenters. The molecule has 0 saturated carbocycles. The summed E-state index contributed by atoms with van der Waals surface area (Å²) in [5, 5.41) is 12.8. The number of carboxylic acid groups (broad SMARTS) is 1. The number of carbonyl (C=O) groups is 2. The highest BCUT2D eigenvalue weighted by molar-refractivity contribution is 5.94. The number of amides is 1. The molecule has 0 saturated heterocycles. The van der Waals surface area contributed by atoms with Crippen molar-refractivity contribution in [1.29, 1.82) is 0 Å². The summed E-state index contributed by atoms with van der Waals surface area (Å²) < 4.78 is 5.23. The normalized spacial score (nSPS) is 12.9. The summed E-state index contributed by atoms with van der Waals surface area (Å²) in [4.78, 5) is 25.8. The first-order chi connectivity index (χ1) is 10.7. The van der Waals surface area contributed by atoms with Crippen LogP contribution >= 0.6 is 0 Å². The van der Waals surface area contributed by atoms with E-state index >= 15 is 0 Å². The summed E-state index contributed by atoms with van der Waals surface area (Å²) in [6.45, 7) is 7.35. The molecule has 2 rings (SSSR count). The molecule has 0 unspecified atom stereocenters. The van der Waals surface area contributed by atoms with Crippen LogP contribution in [0.25, 0.3) is 10.9 Å². The van der Waals surface area contributed by atoms with Crippen molar-refractivity contribution >= 4 is 23.0 Å². The second kappa shape index (κ2) is 6.32. The summed E-state index contributed by atoms with van der Waals surface area (Å²) >= 11 is 0. The van der Waals surface area contributed by atoms with E-state index in [9.17, 15) is 9.59 Å². The van der Waals surface area contributed by atoms with Gasteiger partial charge in [0.2, 0.25) is 0 Å². The van der Waals surface area contributed by atoms with Gasteiger partial charge in [-0.3, -0.25) is 0 Å². The molecule has 23 heavy (non-hydrogen) atoms. The quantitative estimate of drug-likeness (QED) is 0.806. The van der Waals surface area contributed by atoms with Crippen molar-refractivity contribution in [3.8, 4) is 0 Å². The maximum Gasteiger partial charge on any atom is 0.407 e. The van der Waals surface area contributed by atoms with Crippen LogP contribution in [0.2, 0.25) is 0 Å². The van der Waals surface area contributed by atoms with E-state index in [0.717, 1.165) is 16.5 Å². The minimum absolute atomic E-state index is 0.108. The van der Waals surface area contributed by atoms with E-state index in [1.807, 2.05) is 33.9 Å². The highest BCUT2D eigenvalue weighted by atomic mass is 16.6. The van der Waals surface area contributed by atoms with E-state index in [1.165, 1.54) is 0 Å². The largest absolute Gasteiger partial charge is 0.478 e. The van der Waals surface area contributed by atoms with Gasteiger partial charge in [-0.15, -0.1) is 0 Å². The number of nitrogens with one attached hydrogen (secondary N) is 2. The highest BCUT2D eigenvalue weighted by Gasteiger charge is 2.18. The molecular weight excluding hydrogens is 296 g/mol. The van der Waals surface area contributed by atoms with Crippen molar-refractivity contribution in [2.45, 2.75) is 45.8 Å². The number of benzene rings is 1. The number of carboxylic acids is 1. The molecule has 0 aliphatic heterocycles. The molecule has 0 radical (unpaired) electrons. The summed E-state index contributed by atoms with van der Waals surface area (Å²) in [6, 6.07) is 4.86. The lowest BCUT2D eigenvalue weighted by Gasteiger charge is -2.21. The van der Waals surface area contributed by atoms with Gasteiger partial charge in [-0.25, -0.2) is 9.59 Å². The Morgan fingerprint density at radius 1 is 1.35 bits per heavy atom. The van der Waals surface area contributed by atoms with E-state index in [-0.39, 0.29) is 11.6 Å². The number of carbonyl (C=O) groups excluding carboxylic acids is 1. The molecule has 1 aromatic heterocycles. The Morgan fingerprint density at radius 2 is 2.04 bits per heavy atom. The maximum absolute atomic E-state index is 11.8. The van der Waals surface area contributed by atoms with Crippen molar-refractivity contribution in [3.63, 3.8) is 0 Å². The molecule has 1 amide bonds. The number of ether oxygens (including phenoxy) is 1. The summed E-state index contributed by atoms with van der Waals surface area (Å²) in [5.41, 5.74) is 1.49. The molecule has 1 heterocycles. The van der Waals surface area contributed by atoms with Gasteiger partial charge in [-0.1, -0.05) is 6.07 Å². The first-order valence-electron chi connectivity index (χ1n) is 7.48. The standard InChI is InChI=1S/C17H22N2O4/c1-10(19-16(22)23-17(2,3)4)7-12-9-18-14-8-11(15(20)21)5-6-13(12)14/h5-6,8-10,18H,7H2,1-4H3,(H,19,22)(H,20,21)/t10-/m1/s1. The molecule has 2 aromatic rings. The van der Waals surface area contributed by atoms with E-state index in [1.54, 1.807) is 18.2 Å². The topological polar surface area (TPSA) is 91.4 Å². The predicted octanol–water partition coefficient (Wildman–Crippen LogP) is 3.32. The molecule has 0 bridgehead atoms. The van der Waals surface area contributed by atoms with Gasteiger partial charge >= 0.3 is 12.1 Å². The van der Waals surface area contributed by atoms with Crippen molar-refractivity contribution in [2.75, 3.05) is 0 Å². The third kappa shape index (κ3) is 4.48. The Morgan fingerprint density at radius 3 is 2.65 bits per heavy atom.